The molecule has 4 N–H and O–H groups in total. The summed E-state index contributed by atoms with van der Waals surface area (Å²) in [6.07, 6.45) is -4.75. The molecule has 1 amide bonds. The molecule has 0 radical (unpaired) electrons. The fourth-order valence-electron chi connectivity index (χ4n) is 4.54. The molecule has 2 aliphatic rings. The lowest BCUT2D eigenvalue weighted by Crippen LogP contribution is -2.50. The number of amides is 1. The molecule has 4 rings (SSSR count). The maximum absolute atomic E-state index is 13.0. The number of aliphatic imine (C=N–C) groups is 1. The van der Waals surface area contributed by atoms with Gasteiger partial charge in [-0.15, -0.1) is 13.2 Å². The summed E-state index contributed by atoms with van der Waals surface area (Å²) in [5.41, 5.74) is -0.167. The lowest BCUT2D eigenvalue weighted by atomic mass is 9.89. The number of piperidine rings is 1. The molecular weight excluding hydrogens is 617 g/mol. The summed E-state index contributed by atoms with van der Waals surface area (Å²) >= 11 is 0. The van der Waals surface area contributed by atoms with Gasteiger partial charge in [0, 0.05) is 30.6 Å². The van der Waals surface area contributed by atoms with Crippen molar-refractivity contribution < 1.29 is 49.8 Å². The molecule has 1 unspecified atom stereocenters. The number of sulfonamides is 2. The average Bonchev–Trinajstić information content (AvgIpc) is 3.25. The van der Waals surface area contributed by atoms with Crippen molar-refractivity contribution in [3.63, 3.8) is 0 Å². The number of alkyl halides is 3. The predicted molar refractivity (Wildman–Crippen MR) is 149 cm³/mol. The van der Waals surface area contributed by atoms with Gasteiger partial charge in [-0.2, -0.15) is 4.31 Å². The Labute approximate surface area is 246 Å². The Morgan fingerprint density at radius 3 is 2.49 bits per heavy atom. The van der Waals surface area contributed by atoms with E-state index in [0.717, 1.165) is 17.5 Å². The lowest BCUT2D eigenvalue weighted by molar-refractivity contribution is -0.274. The Balaban J connectivity index is 1.43. The molecule has 43 heavy (non-hydrogen) atoms. The van der Waals surface area contributed by atoms with Crippen LogP contribution in [0.1, 0.15) is 29.5 Å². The van der Waals surface area contributed by atoms with E-state index in [4.69, 9.17) is 5.11 Å². The Bertz CT molecular complexity index is 1650. The van der Waals surface area contributed by atoms with Crippen molar-refractivity contribution in [3.8, 4) is 5.75 Å². The number of ether oxygens (including phenoxy) is 1. The van der Waals surface area contributed by atoms with Crippen molar-refractivity contribution in [2.45, 2.75) is 42.7 Å². The molecule has 0 aliphatic carbocycles. The number of aliphatic hydroxyl groups is 2. The summed E-state index contributed by atoms with van der Waals surface area (Å²) < 4.78 is 96.0. The van der Waals surface area contributed by atoms with Gasteiger partial charge in [-0.25, -0.2) is 21.6 Å². The van der Waals surface area contributed by atoms with Gasteiger partial charge in [0.05, 0.1) is 17.6 Å². The molecule has 1 atom stereocenters. The highest BCUT2D eigenvalue weighted by Gasteiger charge is 2.47. The van der Waals surface area contributed by atoms with Crippen LogP contribution in [0.25, 0.3) is 6.08 Å². The molecule has 0 bridgehead atoms. The van der Waals surface area contributed by atoms with Crippen LogP contribution in [0.4, 0.5) is 13.2 Å². The van der Waals surface area contributed by atoms with Crippen LogP contribution in [0.5, 0.6) is 5.75 Å². The zero-order chi connectivity index (χ0) is 31.6. The number of nitrogens with one attached hydrogen (secondary N) is 2. The standard InChI is InChI=1S/C26H29F3N4O8S2/c1-17-13-22(43(39,40)30-15-20(35)16-34)6-5-18(17)7-12-42(37,38)33-10-8-25(9-11-33)24(36)31-23(32-25)19-3-2-4-21(14-19)41-26(27,28)29/h2-7,12-14,20,30,34-35H,8-11,15-16H2,1H3,(H,31,32,36). The Kier molecular flexibility index (Phi) is 9.34. The topological polar surface area (TPSA) is 175 Å². The number of amidine groups is 1. The molecule has 1 spiro atoms. The van der Waals surface area contributed by atoms with Crippen LogP contribution in [0.3, 0.4) is 0 Å². The SMILES string of the molecule is Cc1cc(S(=O)(=O)NCC(O)CO)ccc1C=CS(=O)(=O)N1CCC2(CC1)N=C(c1cccc(OC(F)(F)F)c1)NC2=O. The van der Waals surface area contributed by atoms with Crippen LogP contribution in [0.2, 0.25) is 0 Å². The van der Waals surface area contributed by atoms with Gasteiger partial charge in [0.1, 0.15) is 17.1 Å². The molecule has 234 valence electrons. The number of carbonyl (C=O) groups excluding carboxylic acids is 1. The monoisotopic (exact) mass is 646 g/mol. The molecule has 12 nitrogen and oxygen atoms in total. The average molecular weight is 647 g/mol. The third-order valence-corrected chi connectivity index (χ3v) is 9.91. The second kappa shape index (κ2) is 12.3. The summed E-state index contributed by atoms with van der Waals surface area (Å²) in [5.74, 6) is -0.894. The van der Waals surface area contributed by atoms with Crippen LogP contribution in [-0.4, -0.2) is 87.3 Å². The van der Waals surface area contributed by atoms with Gasteiger partial charge in [0.25, 0.3) is 5.91 Å². The first kappa shape index (κ1) is 32.6. The van der Waals surface area contributed by atoms with Crippen molar-refractivity contribution in [1.82, 2.24) is 14.3 Å². The molecule has 2 aromatic carbocycles. The van der Waals surface area contributed by atoms with Crippen LogP contribution in [0, 0.1) is 6.92 Å². The number of rotatable bonds is 10. The highest BCUT2D eigenvalue weighted by Crippen LogP contribution is 2.33. The second-order valence-electron chi connectivity index (χ2n) is 9.98. The van der Waals surface area contributed by atoms with Gasteiger partial charge in [-0.3, -0.25) is 9.79 Å². The third-order valence-electron chi connectivity index (χ3n) is 6.92. The fraction of sp³-hybridized carbons (Fsp3) is 0.385. The number of aliphatic hydroxyl groups excluding tert-OH is 2. The summed E-state index contributed by atoms with van der Waals surface area (Å²) in [7, 11) is -7.92. The van der Waals surface area contributed by atoms with Crippen LogP contribution < -0.4 is 14.8 Å². The number of hydrogen-bond donors (Lipinski definition) is 4. The molecule has 17 heteroatoms. The lowest BCUT2D eigenvalue weighted by Gasteiger charge is -2.34. The molecular formula is C26H29F3N4O8S2. The fourth-order valence-corrected chi connectivity index (χ4v) is 6.88. The van der Waals surface area contributed by atoms with Crippen molar-refractivity contribution >= 4 is 37.9 Å². The molecule has 2 aliphatic heterocycles. The molecule has 2 heterocycles. The molecule has 1 saturated heterocycles. The minimum Gasteiger partial charge on any atom is -0.406 e. The summed E-state index contributed by atoms with van der Waals surface area (Å²) in [4.78, 5) is 17.2. The van der Waals surface area contributed by atoms with Crippen molar-refractivity contribution in [3.05, 3.63) is 64.6 Å². The summed E-state index contributed by atoms with van der Waals surface area (Å²) in [5, 5.41) is 21.8. The van der Waals surface area contributed by atoms with Gasteiger partial charge < -0.3 is 20.3 Å². The smallest absolute Gasteiger partial charge is 0.406 e. The Morgan fingerprint density at radius 1 is 1.16 bits per heavy atom. The quantitative estimate of drug-likeness (QED) is 0.298. The van der Waals surface area contributed by atoms with Gasteiger partial charge in [0.15, 0.2) is 0 Å². The van der Waals surface area contributed by atoms with E-state index in [1.54, 1.807) is 6.92 Å². The maximum atomic E-state index is 13.0. The number of benzene rings is 2. The first-order chi connectivity index (χ1) is 20.0. The first-order valence-electron chi connectivity index (χ1n) is 12.9. The van der Waals surface area contributed by atoms with E-state index in [-0.39, 0.29) is 48.8 Å². The molecule has 0 saturated carbocycles. The number of hydrogen-bond acceptors (Lipinski definition) is 9. The largest absolute Gasteiger partial charge is 0.573 e. The van der Waals surface area contributed by atoms with Gasteiger partial charge in [-0.05, 0) is 61.2 Å². The van der Waals surface area contributed by atoms with Crippen LogP contribution >= 0.6 is 0 Å². The molecule has 2 aromatic rings. The van der Waals surface area contributed by atoms with E-state index in [2.05, 4.69) is 19.8 Å². The zero-order valence-corrected chi connectivity index (χ0v) is 24.3. The zero-order valence-electron chi connectivity index (χ0n) is 22.7. The normalized spacial score (nSPS) is 18.6. The van der Waals surface area contributed by atoms with Crippen LogP contribution in [0.15, 0.2) is 57.8 Å². The van der Waals surface area contributed by atoms with Gasteiger partial charge in [0.2, 0.25) is 20.0 Å². The maximum Gasteiger partial charge on any atom is 0.573 e. The number of halogens is 3. The van der Waals surface area contributed by atoms with E-state index in [1.807, 2.05) is 0 Å². The minimum atomic E-state index is -4.89. The van der Waals surface area contributed by atoms with E-state index in [1.165, 1.54) is 40.7 Å². The summed E-state index contributed by atoms with van der Waals surface area (Å²) in [6.45, 7) is 0.508. The van der Waals surface area contributed by atoms with Crippen LogP contribution in [-0.2, 0) is 24.8 Å². The first-order valence-corrected chi connectivity index (χ1v) is 15.9. The number of aryl methyl sites for hydroxylation is 1. The molecule has 1 fully saturated rings. The predicted octanol–water partition coefficient (Wildman–Crippen LogP) is 1.24. The van der Waals surface area contributed by atoms with E-state index in [0.29, 0.717) is 11.1 Å². The molecule has 0 aromatic heterocycles. The Morgan fingerprint density at radius 2 is 1.86 bits per heavy atom. The van der Waals surface area contributed by atoms with Gasteiger partial charge >= 0.3 is 6.36 Å². The third kappa shape index (κ3) is 7.79. The van der Waals surface area contributed by atoms with Crippen molar-refractivity contribution in [2.75, 3.05) is 26.2 Å². The van der Waals surface area contributed by atoms with E-state index < -0.39 is 56.3 Å². The Hall–Kier alpha value is -3.35. The highest BCUT2D eigenvalue weighted by atomic mass is 32.2. The number of nitrogens with zero attached hydrogens (tertiary/aromatic N) is 2. The minimum absolute atomic E-state index is 0.0394. The van der Waals surface area contributed by atoms with Gasteiger partial charge in [-0.1, -0.05) is 18.2 Å². The van der Waals surface area contributed by atoms with E-state index in [9.17, 15) is 39.9 Å². The number of carbonyl (C=O) groups is 1. The van der Waals surface area contributed by atoms with Crippen molar-refractivity contribution in [1.29, 1.82) is 0 Å². The second-order valence-corrected chi connectivity index (χ2v) is 13.6. The van der Waals surface area contributed by atoms with E-state index >= 15 is 0 Å². The highest BCUT2D eigenvalue weighted by molar-refractivity contribution is 7.92. The van der Waals surface area contributed by atoms with Crippen molar-refractivity contribution in [2.24, 2.45) is 4.99 Å². The summed E-state index contributed by atoms with van der Waals surface area (Å²) in [6, 6.07) is 9.04.